The fourth-order valence-corrected chi connectivity index (χ4v) is 4.81. The van der Waals surface area contributed by atoms with E-state index in [4.69, 9.17) is 4.74 Å². The maximum Gasteiger partial charge on any atom is 0.338 e. The van der Waals surface area contributed by atoms with Crippen molar-refractivity contribution in [1.82, 2.24) is 4.31 Å². The van der Waals surface area contributed by atoms with Crippen molar-refractivity contribution >= 4 is 16.0 Å². The van der Waals surface area contributed by atoms with Gasteiger partial charge in [-0.3, -0.25) is 0 Å². The first-order valence-electron chi connectivity index (χ1n) is 10.3. The summed E-state index contributed by atoms with van der Waals surface area (Å²) in [5.74, 6) is -0.472. The van der Waals surface area contributed by atoms with Gasteiger partial charge in [0.25, 0.3) is 0 Å². The second-order valence-corrected chi connectivity index (χ2v) is 10.5. The summed E-state index contributed by atoms with van der Waals surface area (Å²) >= 11 is 0. The minimum absolute atomic E-state index is 0.0535. The van der Waals surface area contributed by atoms with Crippen LogP contribution in [0.1, 0.15) is 67.2 Å². The third-order valence-corrected chi connectivity index (χ3v) is 7.41. The molecule has 30 heavy (non-hydrogen) atoms. The van der Waals surface area contributed by atoms with Crippen molar-refractivity contribution in [2.45, 2.75) is 65.4 Å². The maximum absolute atomic E-state index is 12.6. The fraction of sp³-hybridized carbons (Fsp3) is 0.458. The van der Waals surface area contributed by atoms with Crippen LogP contribution in [0, 0.1) is 13.8 Å². The minimum atomic E-state index is -3.55. The topological polar surface area (TPSA) is 63.7 Å². The quantitative estimate of drug-likeness (QED) is 0.580. The molecule has 0 N–H and O–H groups in total. The van der Waals surface area contributed by atoms with Crippen LogP contribution in [-0.4, -0.2) is 31.8 Å². The number of esters is 1. The van der Waals surface area contributed by atoms with Gasteiger partial charge in [0.2, 0.25) is 10.0 Å². The lowest BCUT2D eigenvalue weighted by molar-refractivity contribution is 0.0471. The standard InChI is InChI=1S/C24H33NO4S/c1-8-25(9-2)30(27,28)21-12-10-19(11-13-21)23(26)29-16-22-17(3)14-20(15-18(22)4)24(5,6)7/h10-15H,8-9,16H2,1-7H3. The van der Waals surface area contributed by atoms with Gasteiger partial charge < -0.3 is 4.74 Å². The zero-order valence-electron chi connectivity index (χ0n) is 19.1. The Hall–Kier alpha value is -2.18. The van der Waals surface area contributed by atoms with E-state index in [-0.39, 0.29) is 16.9 Å². The van der Waals surface area contributed by atoms with Gasteiger partial charge in [-0.2, -0.15) is 4.31 Å². The molecule has 0 atom stereocenters. The van der Waals surface area contributed by atoms with Crippen molar-refractivity contribution < 1.29 is 17.9 Å². The highest BCUT2D eigenvalue weighted by atomic mass is 32.2. The number of benzene rings is 2. The van der Waals surface area contributed by atoms with Crippen LogP contribution in [0.2, 0.25) is 0 Å². The molecule has 0 saturated heterocycles. The van der Waals surface area contributed by atoms with Crippen LogP contribution in [0.4, 0.5) is 0 Å². The van der Waals surface area contributed by atoms with Crippen LogP contribution in [0.25, 0.3) is 0 Å². The second-order valence-electron chi connectivity index (χ2n) is 8.53. The molecule has 0 heterocycles. The third-order valence-electron chi connectivity index (χ3n) is 5.34. The average molecular weight is 432 g/mol. The first-order valence-corrected chi connectivity index (χ1v) is 11.7. The van der Waals surface area contributed by atoms with Crippen molar-refractivity contribution in [3.05, 3.63) is 64.2 Å². The Morgan fingerprint density at radius 2 is 1.47 bits per heavy atom. The molecule has 2 aromatic rings. The molecule has 0 saturated carbocycles. The van der Waals surface area contributed by atoms with Crippen LogP contribution in [0.3, 0.4) is 0 Å². The number of hydrogen-bond acceptors (Lipinski definition) is 4. The summed E-state index contributed by atoms with van der Waals surface area (Å²) < 4.78 is 32.0. The van der Waals surface area contributed by atoms with Gasteiger partial charge in [0.1, 0.15) is 6.61 Å². The average Bonchev–Trinajstić information content (AvgIpc) is 2.67. The minimum Gasteiger partial charge on any atom is -0.457 e. The molecule has 0 bridgehead atoms. The van der Waals surface area contributed by atoms with Crippen molar-refractivity contribution in [3.8, 4) is 0 Å². The summed E-state index contributed by atoms with van der Waals surface area (Å²) in [6.45, 7) is 15.1. The fourth-order valence-electron chi connectivity index (χ4n) is 3.35. The Morgan fingerprint density at radius 1 is 0.967 bits per heavy atom. The molecular formula is C24H33NO4S. The van der Waals surface area contributed by atoms with E-state index in [1.165, 1.54) is 34.1 Å². The van der Waals surface area contributed by atoms with Gasteiger partial charge in [-0.1, -0.05) is 46.8 Å². The van der Waals surface area contributed by atoms with Crippen LogP contribution < -0.4 is 0 Å². The zero-order valence-corrected chi connectivity index (χ0v) is 19.9. The number of nitrogens with zero attached hydrogens (tertiary/aromatic N) is 1. The molecule has 0 fully saturated rings. The van der Waals surface area contributed by atoms with Gasteiger partial charge in [-0.15, -0.1) is 0 Å². The van der Waals surface area contributed by atoms with Gasteiger partial charge in [-0.05, 0) is 65.8 Å². The lowest BCUT2D eigenvalue weighted by Gasteiger charge is -2.22. The number of rotatable bonds is 7. The van der Waals surface area contributed by atoms with Gasteiger partial charge >= 0.3 is 5.97 Å². The predicted octanol–water partition coefficient (Wildman–Crippen LogP) is 4.99. The summed E-state index contributed by atoms with van der Waals surface area (Å²) in [7, 11) is -3.55. The normalized spacial score (nSPS) is 12.3. The Bertz CT molecular complexity index is 975. The molecule has 0 aliphatic heterocycles. The summed E-state index contributed by atoms with van der Waals surface area (Å²) in [6.07, 6.45) is 0. The van der Waals surface area contributed by atoms with E-state index in [0.717, 1.165) is 16.7 Å². The molecule has 0 aliphatic rings. The molecule has 0 aliphatic carbocycles. The number of ether oxygens (including phenoxy) is 1. The maximum atomic E-state index is 12.6. The number of carbonyl (C=O) groups excluding carboxylic acids is 1. The lowest BCUT2D eigenvalue weighted by Crippen LogP contribution is -2.30. The Labute approximate surface area is 181 Å². The Balaban J connectivity index is 2.15. The molecule has 0 spiro atoms. The van der Waals surface area contributed by atoms with Crippen LogP contribution in [-0.2, 0) is 26.8 Å². The lowest BCUT2D eigenvalue weighted by atomic mass is 9.84. The molecule has 5 nitrogen and oxygen atoms in total. The molecule has 0 radical (unpaired) electrons. The van der Waals surface area contributed by atoms with Gasteiger partial charge in [0, 0.05) is 13.1 Å². The first kappa shape index (κ1) is 24.1. The smallest absolute Gasteiger partial charge is 0.338 e. The van der Waals surface area contributed by atoms with Crippen molar-refractivity contribution in [2.24, 2.45) is 0 Å². The Kier molecular flexibility index (Phi) is 7.48. The molecule has 164 valence electrons. The summed E-state index contributed by atoms with van der Waals surface area (Å²) in [5.41, 5.74) is 4.81. The molecule has 0 amide bonds. The van der Waals surface area contributed by atoms with E-state index in [1.54, 1.807) is 13.8 Å². The van der Waals surface area contributed by atoms with E-state index in [2.05, 4.69) is 32.9 Å². The molecule has 2 aromatic carbocycles. The third kappa shape index (κ3) is 5.29. The van der Waals surface area contributed by atoms with Gasteiger partial charge in [-0.25, -0.2) is 13.2 Å². The molecule has 2 rings (SSSR count). The van der Waals surface area contributed by atoms with E-state index in [1.807, 2.05) is 13.8 Å². The molecular weight excluding hydrogens is 398 g/mol. The summed E-state index contributed by atoms with van der Waals surface area (Å²) in [6, 6.07) is 10.2. The van der Waals surface area contributed by atoms with Gasteiger partial charge in [0.05, 0.1) is 10.5 Å². The van der Waals surface area contributed by atoms with Gasteiger partial charge in [0.15, 0.2) is 0 Å². The molecule has 0 aromatic heterocycles. The van der Waals surface area contributed by atoms with E-state index >= 15 is 0 Å². The summed E-state index contributed by atoms with van der Waals surface area (Å²) in [4.78, 5) is 12.7. The van der Waals surface area contributed by atoms with E-state index in [0.29, 0.717) is 18.7 Å². The second kappa shape index (κ2) is 9.31. The first-order chi connectivity index (χ1) is 13.9. The van der Waals surface area contributed by atoms with Crippen LogP contribution >= 0.6 is 0 Å². The largest absolute Gasteiger partial charge is 0.457 e. The molecule has 0 unspecified atom stereocenters. The number of hydrogen-bond donors (Lipinski definition) is 0. The number of sulfonamides is 1. The monoisotopic (exact) mass is 431 g/mol. The highest BCUT2D eigenvalue weighted by molar-refractivity contribution is 7.89. The van der Waals surface area contributed by atoms with Crippen LogP contribution in [0.15, 0.2) is 41.3 Å². The predicted molar refractivity (Wildman–Crippen MR) is 120 cm³/mol. The number of carbonyl (C=O) groups is 1. The van der Waals surface area contributed by atoms with Crippen LogP contribution in [0.5, 0.6) is 0 Å². The van der Waals surface area contributed by atoms with Crippen molar-refractivity contribution in [1.29, 1.82) is 0 Å². The van der Waals surface area contributed by atoms with E-state index < -0.39 is 16.0 Å². The number of aryl methyl sites for hydroxylation is 2. The van der Waals surface area contributed by atoms with Crippen molar-refractivity contribution in [2.75, 3.05) is 13.1 Å². The highest BCUT2D eigenvalue weighted by Gasteiger charge is 2.22. The SMILES string of the molecule is CCN(CC)S(=O)(=O)c1ccc(C(=O)OCc2c(C)cc(C(C)(C)C)cc2C)cc1. The van der Waals surface area contributed by atoms with Crippen molar-refractivity contribution in [3.63, 3.8) is 0 Å². The summed E-state index contributed by atoms with van der Waals surface area (Å²) in [5, 5.41) is 0. The zero-order chi connectivity index (χ0) is 22.7. The van der Waals surface area contributed by atoms with E-state index in [9.17, 15) is 13.2 Å². The Morgan fingerprint density at radius 3 is 1.90 bits per heavy atom. The highest BCUT2D eigenvalue weighted by Crippen LogP contribution is 2.27. The molecule has 6 heteroatoms.